The zero-order valence-electron chi connectivity index (χ0n) is 17.2. The average molecular weight is 460 g/mol. The molecule has 3 aromatic rings. The van der Waals surface area contributed by atoms with Gasteiger partial charge in [0.25, 0.3) is 5.91 Å². The summed E-state index contributed by atoms with van der Waals surface area (Å²) in [5, 5.41) is 4.45. The van der Waals surface area contributed by atoms with Gasteiger partial charge >= 0.3 is 0 Å². The number of carbonyl (C=O) groups excluding carboxylic acids is 1. The lowest BCUT2D eigenvalue weighted by molar-refractivity contribution is 0.0687. The van der Waals surface area contributed by atoms with Crippen molar-refractivity contribution in [3.63, 3.8) is 0 Å². The SMILES string of the molecule is Cc1ccc(S(=O)(=O)N2CCN(C(=O)c3cc(-c4cccc(Cl)c4)on3)CC2)cc1C. The molecule has 0 saturated carbocycles. The van der Waals surface area contributed by atoms with Gasteiger partial charge in [-0.05, 0) is 49.2 Å². The van der Waals surface area contributed by atoms with Crippen molar-refractivity contribution in [3.8, 4) is 11.3 Å². The summed E-state index contributed by atoms with van der Waals surface area (Å²) in [6, 6.07) is 13.8. The van der Waals surface area contributed by atoms with E-state index in [1.54, 1.807) is 41.3 Å². The van der Waals surface area contributed by atoms with Crippen LogP contribution in [-0.2, 0) is 10.0 Å². The second-order valence-corrected chi connectivity index (χ2v) is 9.90. The largest absolute Gasteiger partial charge is 0.355 e. The first-order valence-corrected chi connectivity index (χ1v) is 11.7. The quantitative estimate of drug-likeness (QED) is 0.593. The molecule has 2 heterocycles. The number of aromatic nitrogens is 1. The molecule has 2 aromatic carbocycles. The normalized spacial score (nSPS) is 15.3. The number of sulfonamides is 1. The molecule has 0 N–H and O–H groups in total. The predicted octanol–water partition coefficient (Wildman–Crippen LogP) is 3.76. The molecule has 0 atom stereocenters. The second kappa shape index (κ2) is 8.45. The summed E-state index contributed by atoms with van der Waals surface area (Å²) in [5.74, 6) is 0.155. The number of piperazine rings is 1. The Kier molecular flexibility index (Phi) is 5.88. The van der Waals surface area contributed by atoms with Crippen molar-refractivity contribution < 1.29 is 17.7 Å². The molecule has 0 unspecified atom stereocenters. The lowest BCUT2D eigenvalue weighted by atomic mass is 10.1. The summed E-state index contributed by atoms with van der Waals surface area (Å²) in [5.41, 5.74) is 2.87. The van der Waals surface area contributed by atoms with Gasteiger partial charge < -0.3 is 9.42 Å². The second-order valence-electron chi connectivity index (χ2n) is 7.53. The number of hydrogen-bond donors (Lipinski definition) is 0. The van der Waals surface area contributed by atoms with E-state index in [0.29, 0.717) is 10.8 Å². The summed E-state index contributed by atoms with van der Waals surface area (Å²) in [6.07, 6.45) is 0. The average Bonchev–Trinajstić information content (AvgIpc) is 3.25. The van der Waals surface area contributed by atoms with Crippen LogP contribution in [0.25, 0.3) is 11.3 Å². The number of halogens is 1. The van der Waals surface area contributed by atoms with Crippen LogP contribution in [0.1, 0.15) is 21.6 Å². The zero-order valence-corrected chi connectivity index (χ0v) is 18.8. The Hall–Kier alpha value is -2.68. The lowest BCUT2D eigenvalue weighted by Gasteiger charge is -2.33. The van der Waals surface area contributed by atoms with E-state index < -0.39 is 10.0 Å². The van der Waals surface area contributed by atoms with Crippen LogP contribution in [0.5, 0.6) is 0 Å². The molecule has 1 amide bonds. The molecule has 0 spiro atoms. The van der Waals surface area contributed by atoms with E-state index >= 15 is 0 Å². The van der Waals surface area contributed by atoms with Crippen LogP contribution in [0.3, 0.4) is 0 Å². The van der Waals surface area contributed by atoms with Crippen LogP contribution in [0.4, 0.5) is 0 Å². The molecule has 1 aliphatic heterocycles. The maximum Gasteiger partial charge on any atom is 0.276 e. The van der Waals surface area contributed by atoms with Crippen LogP contribution >= 0.6 is 11.6 Å². The highest BCUT2D eigenvalue weighted by molar-refractivity contribution is 7.89. The molecule has 162 valence electrons. The van der Waals surface area contributed by atoms with Crippen molar-refractivity contribution in [3.05, 3.63) is 70.4 Å². The van der Waals surface area contributed by atoms with Crippen molar-refractivity contribution in [2.75, 3.05) is 26.2 Å². The Morgan fingerprint density at radius 3 is 2.42 bits per heavy atom. The number of amides is 1. The number of hydrogen-bond acceptors (Lipinski definition) is 5. The number of aryl methyl sites for hydroxylation is 2. The third kappa shape index (κ3) is 4.37. The van der Waals surface area contributed by atoms with Gasteiger partial charge in [-0.2, -0.15) is 4.31 Å². The Balaban J connectivity index is 1.44. The molecule has 1 aliphatic rings. The maximum atomic E-state index is 13.0. The molecule has 0 bridgehead atoms. The van der Waals surface area contributed by atoms with E-state index in [1.165, 1.54) is 4.31 Å². The minimum absolute atomic E-state index is 0.181. The van der Waals surface area contributed by atoms with Crippen molar-refractivity contribution >= 4 is 27.5 Å². The molecular weight excluding hydrogens is 438 g/mol. The molecule has 0 radical (unpaired) electrons. The zero-order chi connectivity index (χ0) is 22.2. The van der Waals surface area contributed by atoms with E-state index in [9.17, 15) is 13.2 Å². The van der Waals surface area contributed by atoms with Gasteiger partial charge in [0.15, 0.2) is 11.5 Å². The first-order valence-electron chi connectivity index (χ1n) is 9.85. The standard InChI is InChI=1S/C22H22ClN3O4S/c1-15-6-7-19(12-16(15)2)31(28,29)26-10-8-25(9-11-26)22(27)20-14-21(30-24-20)17-4-3-5-18(23)13-17/h3-7,12-14H,8-11H2,1-2H3. The molecule has 1 saturated heterocycles. The van der Waals surface area contributed by atoms with E-state index in [1.807, 2.05) is 26.0 Å². The summed E-state index contributed by atoms with van der Waals surface area (Å²) in [4.78, 5) is 14.7. The highest BCUT2D eigenvalue weighted by atomic mass is 35.5. The fraction of sp³-hybridized carbons (Fsp3) is 0.273. The highest BCUT2D eigenvalue weighted by Crippen LogP contribution is 2.25. The van der Waals surface area contributed by atoms with Crippen LogP contribution in [0, 0.1) is 13.8 Å². The predicted molar refractivity (Wildman–Crippen MR) is 118 cm³/mol. The minimum atomic E-state index is -3.60. The Morgan fingerprint density at radius 1 is 1.00 bits per heavy atom. The van der Waals surface area contributed by atoms with Gasteiger partial charge in [-0.25, -0.2) is 8.42 Å². The summed E-state index contributed by atoms with van der Waals surface area (Å²) >= 11 is 6.01. The van der Waals surface area contributed by atoms with E-state index in [4.69, 9.17) is 16.1 Å². The molecule has 31 heavy (non-hydrogen) atoms. The van der Waals surface area contributed by atoms with Gasteiger partial charge in [-0.3, -0.25) is 4.79 Å². The third-order valence-corrected chi connectivity index (χ3v) is 7.61. The highest BCUT2D eigenvalue weighted by Gasteiger charge is 2.31. The Labute approximate surface area is 186 Å². The summed E-state index contributed by atoms with van der Waals surface area (Å²) in [7, 11) is -3.60. The fourth-order valence-corrected chi connectivity index (χ4v) is 5.17. The third-order valence-electron chi connectivity index (χ3n) is 5.48. The number of carbonyl (C=O) groups is 1. The molecule has 1 aromatic heterocycles. The summed E-state index contributed by atoms with van der Waals surface area (Å²) < 4.78 is 32.7. The fourth-order valence-electron chi connectivity index (χ4n) is 3.47. The summed E-state index contributed by atoms with van der Waals surface area (Å²) in [6.45, 7) is 4.84. The molecule has 7 nitrogen and oxygen atoms in total. The van der Waals surface area contributed by atoms with E-state index in [-0.39, 0.29) is 42.7 Å². The molecular formula is C22H22ClN3O4S. The number of rotatable bonds is 4. The van der Waals surface area contributed by atoms with Crippen LogP contribution in [-0.4, -0.2) is 54.9 Å². The number of nitrogens with zero attached hydrogens (tertiary/aromatic N) is 3. The van der Waals surface area contributed by atoms with Crippen LogP contribution in [0.2, 0.25) is 5.02 Å². The monoisotopic (exact) mass is 459 g/mol. The smallest absolute Gasteiger partial charge is 0.276 e. The topological polar surface area (TPSA) is 83.7 Å². The van der Waals surface area contributed by atoms with Crippen molar-refractivity contribution in [2.24, 2.45) is 0 Å². The molecule has 4 rings (SSSR count). The molecule has 1 fully saturated rings. The Bertz CT molecular complexity index is 1230. The van der Waals surface area contributed by atoms with Crippen LogP contribution in [0.15, 0.2) is 57.9 Å². The van der Waals surface area contributed by atoms with Crippen molar-refractivity contribution in [1.29, 1.82) is 0 Å². The lowest BCUT2D eigenvalue weighted by Crippen LogP contribution is -2.50. The number of benzene rings is 2. The molecule has 0 aliphatic carbocycles. The van der Waals surface area contributed by atoms with E-state index in [0.717, 1.165) is 16.7 Å². The first kappa shape index (κ1) is 21.5. The van der Waals surface area contributed by atoms with Crippen molar-refractivity contribution in [2.45, 2.75) is 18.7 Å². The maximum absolute atomic E-state index is 13.0. The van der Waals surface area contributed by atoms with Gasteiger partial charge in [0.2, 0.25) is 10.0 Å². The van der Waals surface area contributed by atoms with Gasteiger partial charge in [-0.15, -0.1) is 0 Å². The van der Waals surface area contributed by atoms with Gasteiger partial charge in [0, 0.05) is 42.8 Å². The van der Waals surface area contributed by atoms with Gasteiger partial charge in [0.1, 0.15) is 0 Å². The first-order chi connectivity index (χ1) is 14.8. The van der Waals surface area contributed by atoms with Gasteiger partial charge in [0.05, 0.1) is 4.90 Å². The Morgan fingerprint density at radius 2 is 1.74 bits per heavy atom. The molecule has 9 heteroatoms. The van der Waals surface area contributed by atoms with Gasteiger partial charge in [-0.1, -0.05) is 35.0 Å². The van der Waals surface area contributed by atoms with Crippen molar-refractivity contribution in [1.82, 2.24) is 14.4 Å². The van der Waals surface area contributed by atoms with Crippen LogP contribution < -0.4 is 0 Å². The van der Waals surface area contributed by atoms with E-state index in [2.05, 4.69) is 5.16 Å². The minimum Gasteiger partial charge on any atom is -0.355 e.